The molecule has 0 saturated heterocycles. The third kappa shape index (κ3) is 11.3. The highest BCUT2D eigenvalue weighted by Gasteiger charge is 2.28. The lowest BCUT2D eigenvalue weighted by Gasteiger charge is -2.25. The van der Waals surface area contributed by atoms with E-state index in [-0.39, 0.29) is 25.6 Å². The standard InChI is InChI=1S/C28H38N4O6/c1-3-20(2)24(25(29)33)32-26(34)23(31-28(36)38-19-22-14-8-5-9-15-22)16-10-11-17-30-27(35)37-18-21-12-6-4-7-13-21/h4-9,12-15,20,23-24H,3,10-11,16-19H2,1-2H3,(H2,29,33)(H,30,35)(H,31,36)(H,32,34)/t20-,23+,24-/m0/s1. The lowest BCUT2D eigenvalue weighted by atomic mass is 9.98. The molecule has 10 nitrogen and oxygen atoms in total. The van der Waals surface area contributed by atoms with Crippen LogP contribution in [0.15, 0.2) is 60.7 Å². The molecule has 5 N–H and O–H groups in total. The smallest absolute Gasteiger partial charge is 0.408 e. The first-order chi connectivity index (χ1) is 18.3. The Morgan fingerprint density at radius 3 is 1.89 bits per heavy atom. The molecule has 0 unspecified atom stereocenters. The van der Waals surface area contributed by atoms with Crippen molar-refractivity contribution in [2.24, 2.45) is 11.7 Å². The number of carbonyl (C=O) groups excluding carboxylic acids is 4. The van der Waals surface area contributed by atoms with Crippen LogP contribution in [-0.4, -0.2) is 42.6 Å². The molecule has 38 heavy (non-hydrogen) atoms. The maximum absolute atomic E-state index is 13.0. The van der Waals surface area contributed by atoms with Crippen molar-refractivity contribution < 1.29 is 28.7 Å². The number of rotatable bonds is 15. The van der Waals surface area contributed by atoms with E-state index in [2.05, 4.69) is 16.0 Å². The largest absolute Gasteiger partial charge is 0.445 e. The first-order valence-electron chi connectivity index (χ1n) is 12.8. The highest BCUT2D eigenvalue weighted by molar-refractivity contribution is 5.90. The molecular formula is C28H38N4O6. The quantitative estimate of drug-likeness (QED) is 0.261. The first kappa shape index (κ1) is 30.1. The summed E-state index contributed by atoms with van der Waals surface area (Å²) in [5.74, 6) is -1.34. The lowest BCUT2D eigenvalue weighted by Crippen LogP contribution is -2.55. The monoisotopic (exact) mass is 526 g/mol. The van der Waals surface area contributed by atoms with Crippen LogP contribution in [0.5, 0.6) is 0 Å². The number of benzene rings is 2. The summed E-state index contributed by atoms with van der Waals surface area (Å²) < 4.78 is 10.4. The molecule has 0 radical (unpaired) electrons. The highest BCUT2D eigenvalue weighted by Crippen LogP contribution is 2.10. The summed E-state index contributed by atoms with van der Waals surface area (Å²) in [6.45, 7) is 4.25. The number of amides is 4. The van der Waals surface area contributed by atoms with Crippen molar-refractivity contribution in [2.45, 2.75) is 64.8 Å². The summed E-state index contributed by atoms with van der Waals surface area (Å²) in [5.41, 5.74) is 7.17. The fraction of sp³-hybridized carbons (Fsp3) is 0.429. The van der Waals surface area contributed by atoms with Crippen LogP contribution in [0.25, 0.3) is 0 Å². The zero-order chi connectivity index (χ0) is 27.8. The Labute approximate surface area is 223 Å². The molecule has 0 aromatic heterocycles. The SMILES string of the molecule is CC[C@H](C)[C@H](NC(=O)[C@@H](CCCCNC(=O)OCc1ccccc1)NC(=O)OCc1ccccc1)C(N)=O. The minimum absolute atomic E-state index is 0.0484. The number of unbranched alkanes of at least 4 members (excludes halogenated alkanes) is 1. The molecule has 0 bridgehead atoms. The predicted molar refractivity (Wildman–Crippen MR) is 143 cm³/mol. The second kappa shape index (κ2) is 16.6. The Balaban J connectivity index is 1.85. The van der Waals surface area contributed by atoms with E-state index in [4.69, 9.17) is 15.2 Å². The summed E-state index contributed by atoms with van der Waals surface area (Å²) in [6, 6.07) is 16.7. The van der Waals surface area contributed by atoms with Crippen LogP contribution in [0.3, 0.4) is 0 Å². The molecule has 0 spiro atoms. The first-order valence-corrected chi connectivity index (χ1v) is 12.8. The maximum Gasteiger partial charge on any atom is 0.408 e. The summed E-state index contributed by atoms with van der Waals surface area (Å²) in [6.07, 6.45) is 0.645. The maximum atomic E-state index is 13.0. The van der Waals surface area contributed by atoms with Crippen LogP contribution < -0.4 is 21.7 Å². The summed E-state index contributed by atoms with van der Waals surface area (Å²) >= 11 is 0. The van der Waals surface area contributed by atoms with Gasteiger partial charge in [-0.15, -0.1) is 0 Å². The van der Waals surface area contributed by atoms with Crippen molar-refractivity contribution in [1.82, 2.24) is 16.0 Å². The van der Waals surface area contributed by atoms with Gasteiger partial charge in [0.25, 0.3) is 0 Å². The van der Waals surface area contributed by atoms with Gasteiger partial charge in [0.05, 0.1) is 0 Å². The van der Waals surface area contributed by atoms with E-state index in [1.807, 2.05) is 74.5 Å². The van der Waals surface area contributed by atoms with E-state index < -0.39 is 36.1 Å². The molecule has 2 aromatic carbocycles. The summed E-state index contributed by atoms with van der Waals surface area (Å²) in [4.78, 5) is 49.2. The number of nitrogens with two attached hydrogens (primary N) is 1. The van der Waals surface area contributed by atoms with Gasteiger partial charge in [-0.1, -0.05) is 80.9 Å². The normalized spacial score (nSPS) is 12.9. The van der Waals surface area contributed by atoms with E-state index in [1.165, 1.54) is 0 Å². The van der Waals surface area contributed by atoms with Crippen molar-refractivity contribution in [3.63, 3.8) is 0 Å². The van der Waals surface area contributed by atoms with Gasteiger partial charge < -0.3 is 31.2 Å². The van der Waals surface area contributed by atoms with Gasteiger partial charge in [-0.05, 0) is 36.3 Å². The fourth-order valence-corrected chi connectivity index (χ4v) is 3.60. The third-order valence-electron chi connectivity index (χ3n) is 6.04. The Morgan fingerprint density at radius 2 is 1.37 bits per heavy atom. The van der Waals surface area contributed by atoms with E-state index in [0.29, 0.717) is 25.8 Å². The van der Waals surface area contributed by atoms with Crippen LogP contribution in [0.4, 0.5) is 9.59 Å². The van der Waals surface area contributed by atoms with Gasteiger partial charge in [-0.25, -0.2) is 9.59 Å². The zero-order valence-corrected chi connectivity index (χ0v) is 22.0. The number of hydrogen-bond acceptors (Lipinski definition) is 6. The van der Waals surface area contributed by atoms with E-state index in [0.717, 1.165) is 11.1 Å². The number of ether oxygens (including phenoxy) is 2. The number of nitrogens with one attached hydrogen (secondary N) is 3. The molecule has 0 fully saturated rings. The molecule has 2 rings (SSSR count). The van der Waals surface area contributed by atoms with Crippen molar-refractivity contribution >= 4 is 24.0 Å². The highest BCUT2D eigenvalue weighted by atomic mass is 16.6. The van der Waals surface area contributed by atoms with Gasteiger partial charge in [0.1, 0.15) is 25.3 Å². The Hall–Kier alpha value is -4.08. The van der Waals surface area contributed by atoms with Crippen LogP contribution in [-0.2, 0) is 32.3 Å². The van der Waals surface area contributed by atoms with Crippen LogP contribution in [0.2, 0.25) is 0 Å². The van der Waals surface area contributed by atoms with Crippen molar-refractivity contribution in [2.75, 3.05) is 6.54 Å². The van der Waals surface area contributed by atoms with Crippen LogP contribution >= 0.6 is 0 Å². The lowest BCUT2D eigenvalue weighted by molar-refractivity contribution is -0.129. The van der Waals surface area contributed by atoms with Crippen LogP contribution in [0.1, 0.15) is 50.7 Å². The van der Waals surface area contributed by atoms with E-state index in [9.17, 15) is 19.2 Å². The molecule has 3 atom stereocenters. The summed E-state index contributed by atoms with van der Waals surface area (Å²) in [5, 5.41) is 7.92. The van der Waals surface area contributed by atoms with Gasteiger partial charge in [0.15, 0.2) is 0 Å². The average Bonchev–Trinajstić information content (AvgIpc) is 2.93. The zero-order valence-electron chi connectivity index (χ0n) is 22.0. The van der Waals surface area contributed by atoms with Gasteiger partial charge in [-0.2, -0.15) is 0 Å². The van der Waals surface area contributed by atoms with Crippen molar-refractivity contribution in [1.29, 1.82) is 0 Å². The van der Waals surface area contributed by atoms with Gasteiger partial charge in [-0.3, -0.25) is 9.59 Å². The third-order valence-corrected chi connectivity index (χ3v) is 6.04. The molecule has 4 amide bonds. The van der Waals surface area contributed by atoms with E-state index >= 15 is 0 Å². The number of alkyl carbamates (subject to hydrolysis) is 2. The average molecular weight is 527 g/mol. The molecule has 2 aromatic rings. The molecule has 0 aliphatic carbocycles. The number of primary amides is 1. The van der Waals surface area contributed by atoms with Crippen molar-refractivity contribution in [3.05, 3.63) is 71.8 Å². The molecule has 10 heteroatoms. The van der Waals surface area contributed by atoms with Crippen LogP contribution in [0, 0.1) is 5.92 Å². The second-order valence-corrected chi connectivity index (χ2v) is 9.02. The Bertz CT molecular complexity index is 1020. The van der Waals surface area contributed by atoms with E-state index in [1.54, 1.807) is 0 Å². The predicted octanol–water partition coefficient (Wildman–Crippen LogP) is 3.39. The molecule has 0 aliphatic rings. The minimum Gasteiger partial charge on any atom is -0.445 e. The Morgan fingerprint density at radius 1 is 0.816 bits per heavy atom. The number of carbonyl (C=O) groups is 4. The van der Waals surface area contributed by atoms with Gasteiger partial charge in [0, 0.05) is 6.54 Å². The molecular weight excluding hydrogens is 488 g/mol. The topological polar surface area (TPSA) is 149 Å². The summed E-state index contributed by atoms with van der Waals surface area (Å²) in [7, 11) is 0. The van der Waals surface area contributed by atoms with Crippen molar-refractivity contribution in [3.8, 4) is 0 Å². The fourth-order valence-electron chi connectivity index (χ4n) is 3.60. The van der Waals surface area contributed by atoms with Gasteiger partial charge in [0.2, 0.25) is 11.8 Å². The molecule has 206 valence electrons. The molecule has 0 aliphatic heterocycles. The molecule has 0 saturated carbocycles. The minimum atomic E-state index is -0.950. The Kier molecular flexibility index (Phi) is 13.2. The molecule has 0 heterocycles. The second-order valence-electron chi connectivity index (χ2n) is 9.02. The number of hydrogen-bond donors (Lipinski definition) is 4. The van der Waals surface area contributed by atoms with Gasteiger partial charge >= 0.3 is 12.2 Å².